The first-order valence-electron chi connectivity index (χ1n) is 19.8. The zero-order valence-corrected chi connectivity index (χ0v) is 31.4. The van der Waals surface area contributed by atoms with Crippen LogP contribution in [0.4, 0.5) is 0 Å². The fourth-order valence-electron chi connectivity index (χ4n) is 10.4. The van der Waals surface area contributed by atoms with E-state index in [1.54, 1.807) is 0 Å². The molecule has 3 aliphatic carbocycles. The van der Waals surface area contributed by atoms with E-state index in [2.05, 4.69) is 184 Å². The molecule has 0 bridgehead atoms. The minimum absolute atomic E-state index is 0.166. The van der Waals surface area contributed by atoms with Gasteiger partial charge in [-0.3, -0.25) is 0 Å². The van der Waals surface area contributed by atoms with Gasteiger partial charge in [-0.25, -0.2) is 0 Å². The van der Waals surface area contributed by atoms with Crippen molar-refractivity contribution in [2.24, 2.45) is 5.92 Å². The number of rotatable bonds is 3. The van der Waals surface area contributed by atoms with Crippen LogP contribution in [0.15, 0.2) is 186 Å². The van der Waals surface area contributed by atoms with Crippen LogP contribution in [0.25, 0.3) is 87.7 Å². The van der Waals surface area contributed by atoms with Crippen molar-refractivity contribution in [2.45, 2.75) is 25.7 Å². The van der Waals surface area contributed by atoms with Gasteiger partial charge in [0, 0.05) is 22.1 Å². The first-order chi connectivity index (χ1) is 27.5. The minimum atomic E-state index is -0.166. The molecule has 3 aliphatic rings. The standard InChI is InChI=1S/C55H38O/c1-55(2)49-27-25-39(31-47(49)45-26-24-37-30-48-40-14-10-11-19-50(40)56-51(48)32-46(37)54(45)55)53-43-17-8-6-15-41(43)52(42-16-7-9-18-44(42)53)38-23-22-35-28-34(20-21-36(35)29-38)33-12-4-3-5-13-33/h3-28,30-32,36H,29H2,1-2H3. The summed E-state index contributed by atoms with van der Waals surface area (Å²) < 4.78 is 6.41. The summed E-state index contributed by atoms with van der Waals surface area (Å²) in [5, 5.41) is 10.1. The highest BCUT2D eigenvalue weighted by Gasteiger charge is 2.37. The predicted octanol–water partition coefficient (Wildman–Crippen LogP) is 15.0. The molecule has 0 aliphatic heterocycles. The van der Waals surface area contributed by atoms with Gasteiger partial charge in [-0.1, -0.05) is 166 Å². The SMILES string of the molecule is CC1(C)c2ccc(-c3c4ccccc4c(C4=CC=C5C=C(c6ccccc6)C=CC5C4)c4ccccc34)cc2-c2ccc3cc4c(cc3c21)oc1ccccc14. The Morgan fingerprint density at radius 3 is 2.00 bits per heavy atom. The van der Waals surface area contributed by atoms with E-state index in [-0.39, 0.29) is 5.41 Å². The molecule has 0 fully saturated rings. The molecular formula is C55H38O. The lowest BCUT2D eigenvalue weighted by molar-refractivity contribution is 0.663. The molecule has 0 saturated carbocycles. The van der Waals surface area contributed by atoms with Crippen molar-refractivity contribution < 1.29 is 4.42 Å². The molecule has 8 aromatic carbocycles. The van der Waals surface area contributed by atoms with Crippen molar-refractivity contribution in [3.05, 3.63) is 204 Å². The molecule has 1 aromatic heterocycles. The predicted molar refractivity (Wildman–Crippen MR) is 237 cm³/mol. The summed E-state index contributed by atoms with van der Waals surface area (Å²) in [7, 11) is 0. The monoisotopic (exact) mass is 714 g/mol. The Balaban J connectivity index is 1.02. The first kappa shape index (κ1) is 31.6. The third kappa shape index (κ3) is 4.49. The molecule has 1 atom stereocenters. The van der Waals surface area contributed by atoms with Crippen LogP contribution < -0.4 is 0 Å². The highest BCUT2D eigenvalue weighted by Crippen LogP contribution is 2.54. The molecule has 0 N–H and O–H groups in total. The molecule has 9 aromatic rings. The lowest BCUT2D eigenvalue weighted by Gasteiger charge is -2.27. The summed E-state index contributed by atoms with van der Waals surface area (Å²) in [4.78, 5) is 0. The zero-order chi connectivity index (χ0) is 37.1. The van der Waals surface area contributed by atoms with E-state index in [9.17, 15) is 0 Å². The Morgan fingerprint density at radius 2 is 1.23 bits per heavy atom. The highest BCUT2D eigenvalue weighted by molar-refractivity contribution is 6.19. The third-order valence-electron chi connectivity index (χ3n) is 12.9. The van der Waals surface area contributed by atoms with Crippen LogP contribution in [0.1, 0.15) is 42.5 Å². The molecule has 12 rings (SSSR count). The summed E-state index contributed by atoms with van der Waals surface area (Å²) in [6.45, 7) is 4.77. The molecule has 0 saturated heterocycles. The van der Waals surface area contributed by atoms with Gasteiger partial charge in [0.25, 0.3) is 0 Å². The minimum Gasteiger partial charge on any atom is -0.456 e. The van der Waals surface area contributed by atoms with Crippen molar-refractivity contribution in [3.63, 3.8) is 0 Å². The van der Waals surface area contributed by atoms with Gasteiger partial charge in [0.15, 0.2) is 0 Å². The number of benzene rings is 8. The smallest absolute Gasteiger partial charge is 0.136 e. The van der Waals surface area contributed by atoms with E-state index >= 15 is 0 Å². The third-order valence-corrected chi connectivity index (χ3v) is 12.9. The number of allylic oxidation sites excluding steroid dienone is 8. The Kier molecular flexibility index (Phi) is 6.58. The Bertz CT molecular complexity index is 3230. The normalized spacial score (nSPS) is 16.9. The molecule has 0 amide bonds. The van der Waals surface area contributed by atoms with Crippen LogP contribution in [0, 0.1) is 5.92 Å². The van der Waals surface area contributed by atoms with Gasteiger partial charge in [-0.2, -0.15) is 0 Å². The maximum atomic E-state index is 6.41. The zero-order valence-electron chi connectivity index (χ0n) is 31.4. The van der Waals surface area contributed by atoms with E-state index in [4.69, 9.17) is 4.42 Å². The maximum Gasteiger partial charge on any atom is 0.136 e. The molecule has 0 radical (unpaired) electrons. The Morgan fingerprint density at radius 1 is 0.536 bits per heavy atom. The average Bonchev–Trinajstić information content (AvgIpc) is 3.72. The van der Waals surface area contributed by atoms with Gasteiger partial charge in [0.1, 0.15) is 11.2 Å². The Hall–Kier alpha value is -6.70. The number of furan rings is 1. The summed E-state index contributed by atoms with van der Waals surface area (Å²) >= 11 is 0. The second kappa shape index (κ2) is 11.7. The van der Waals surface area contributed by atoms with Gasteiger partial charge in [-0.05, 0) is 124 Å². The first-order valence-corrected chi connectivity index (χ1v) is 19.8. The molecule has 1 heterocycles. The van der Waals surface area contributed by atoms with Crippen LogP contribution in [0.5, 0.6) is 0 Å². The number of hydrogen-bond donors (Lipinski definition) is 0. The Labute approximate surface area is 326 Å². The second-order valence-electron chi connectivity index (χ2n) is 16.4. The van der Waals surface area contributed by atoms with Gasteiger partial charge >= 0.3 is 0 Å². The van der Waals surface area contributed by atoms with Crippen LogP contribution in [-0.4, -0.2) is 0 Å². The summed E-state index contributed by atoms with van der Waals surface area (Å²) in [5.41, 5.74) is 16.4. The van der Waals surface area contributed by atoms with E-state index in [0.29, 0.717) is 5.92 Å². The highest BCUT2D eigenvalue weighted by atomic mass is 16.3. The fourth-order valence-corrected chi connectivity index (χ4v) is 10.4. The van der Waals surface area contributed by atoms with Crippen LogP contribution in [-0.2, 0) is 5.41 Å². The molecule has 56 heavy (non-hydrogen) atoms. The maximum absolute atomic E-state index is 6.41. The van der Waals surface area contributed by atoms with Crippen molar-refractivity contribution in [3.8, 4) is 22.3 Å². The fraction of sp³-hybridized carbons (Fsp3) is 0.0909. The van der Waals surface area contributed by atoms with Gasteiger partial charge in [0.2, 0.25) is 0 Å². The van der Waals surface area contributed by atoms with E-state index in [0.717, 1.165) is 17.6 Å². The topological polar surface area (TPSA) is 13.1 Å². The van der Waals surface area contributed by atoms with Crippen LogP contribution >= 0.6 is 0 Å². The number of para-hydroxylation sites is 1. The van der Waals surface area contributed by atoms with Crippen molar-refractivity contribution >= 4 is 65.4 Å². The summed E-state index contributed by atoms with van der Waals surface area (Å²) in [6, 6.07) is 53.8. The number of hydrogen-bond acceptors (Lipinski definition) is 1. The quantitative estimate of drug-likeness (QED) is 0.166. The molecule has 1 heteroatoms. The van der Waals surface area contributed by atoms with E-state index in [1.165, 1.54) is 104 Å². The largest absolute Gasteiger partial charge is 0.456 e. The molecule has 0 spiro atoms. The van der Waals surface area contributed by atoms with Gasteiger partial charge < -0.3 is 4.42 Å². The second-order valence-corrected chi connectivity index (χ2v) is 16.4. The van der Waals surface area contributed by atoms with E-state index < -0.39 is 0 Å². The molecule has 1 unspecified atom stereocenters. The summed E-state index contributed by atoms with van der Waals surface area (Å²) in [6.07, 6.45) is 12.8. The van der Waals surface area contributed by atoms with Crippen LogP contribution in [0.3, 0.4) is 0 Å². The molecular weight excluding hydrogens is 677 g/mol. The van der Waals surface area contributed by atoms with Gasteiger partial charge in [0.05, 0.1) is 0 Å². The van der Waals surface area contributed by atoms with Crippen molar-refractivity contribution in [1.29, 1.82) is 0 Å². The summed E-state index contributed by atoms with van der Waals surface area (Å²) in [5.74, 6) is 0.360. The molecule has 1 nitrogen and oxygen atoms in total. The molecule has 264 valence electrons. The van der Waals surface area contributed by atoms with Crippen molar-refractivity contribution in [2.75, 3.05) is 0 Å². The van der Waals surface area contributed by atoms with Crippen LogP contribution in [0.2, 0.25) is 0 Å². The lowest BCUT2D eigenvalue weighted by atomic mass is 9.77. The van der Waals surface area contributed by atoms with Crippen molar-refractivity contribution in [1.82, 2.24) is 0 Å². The van der Waals surface area contributed by atoms with E-state index in [1.807, 2.05) is 6.07 Å². The average molecular weight is 715 g/mol. The lowest BCUT2D eigenvalue weighted by Crippen LogP contribution is -2.15. The van der Waals surface area contributed by atoms with Gasteiger partial charge in [-0.15, -0.1) is 0 Å². The number of fused-ring (bicyclic) bond motifs is 11.